The van der Waals surface area contributed by atoms with E-state index in [2.05, 4.69) is 84.1 Å². The van der Waals surface area contributed by atoms with Crippen LogP contribution in [-0.2, 0) is 0 Å². The van der Waals surface area contributed by atoms with E-state index in [1.807, 2.05) is 36.4 Å². The maximum atomic E-state index is 4.24. The minimum Gasteiger partial charge on any atom is -0.151 e. The molecule has 0 amide bonds. The van der Waals surface area contributed by atoms with Crippen LogP contribution in [0.4, 0.5) is 11.4 Å². The Hall–Kier alpha value is 0.230. The summed E-state index contributed by atoms with van der Waals surface area (Å²) in [7, 11) is 0. The van der Waals surface area contributed by atoms with Crippen molar-refractivity contribution < 1.29 is 0 Å². The molecular formula is C12H7I3N2. The molecule has 0 aliphatic rings. The van der Waals surface area contributed by atoms with E-state index in [9.17, 15) is 0 Å². The van der Waals surface area contributed by atoms with E-state index in [0.717, 1.165) is 11.4 Å². The molecule has 0 fully saturated rings. The predicted molar refractivity (Wildman–Crippen MR) is 95.2 cm³/mol. The van der Waals surface area contributed by atoms with Crippen molar-refractivity contribution in [1.82, 2.24) is 0 Å². The first-order valence-electron chi connectivity index (χ1n) is 4.77. The second-order valence-electron chi connectivity index (χ2n) is 3.30. The van der Waals surface area contributed by atoms with Crippen molar-refractivity contribution >= 4 is 79.1 Å². The maximum Gasteiger partial charge on any atom is 0.0878 e. The van der Waals surface area contributed by atoms with Gasteiger partial charge in [0.15, 0.2) is 0 Å². The highest BCUT2D eigenvalue weighted by molar-refractivity contribution is 14.1. The van der Waals surface area contributed by atoms with Gasteiger partial charge >= 0.3 is 0 Å². The van der Waals surface area contributed by atoms with E-state index in [0.29, 0.717) is 0 Å². The zero-order valence-corrected chi connectivity index (χ0v) is 15.0. The molecule has 0 N–H and O–H groups in total. The quantitative estimate of drug-likeness (QED) is 0.323. The topological polar surface area (TPSA) is 24.7 Å². The third-order valence-electron chi connectivity index (χ3n) is 1.95. The van der Waals surface area contributed by atoms with Crippen molar-refractivity contribution in [3.63, 3.8) is 0 Å². The molecule has 0 saturated heterocycles. The number of azo groups is 1. The predicted octanol–water partition coefficient (Wildman–Crippen LogP) is 5.92. The van der Waals surface area contributed by atoms with Crippen LogP contribution in [-0.4, -0.2) is 0 Å². The van der Waals surface area contributed by atoms with E-state index in [1.165, 1.54) is 10.7 Å². The average Bonchev–Trinajstić information content (AvgIpc) is 2.27. The van der Waals surface area contributed by atoms with Crippen LogP contribution in [0.2, 0.25) is 0 Å². The van der Waals surface area contributed by atoms with Gasteiger partial charge in [-0.3, -0.25) is 0 Å². The third-order valence-corrected chi connectivity index (χ3v) is 3.92. The van der Waals surface area contributed by atoms with Crippen LogP contribution < -0.4 is 0 Å². The molecule has 17 heavy (non-hydrogen) atoms. The van der Waals surface area contributed by atoms with E-state index < -0.39 is 0 Å². The molecule has 0 aliphatic heterocycles. The van der Waals surface area contributed by atoms with Crippen LogP contribution in [0.1, 0.15) is 0 Å². The van der Waals surface area contributed by atoms with E-state index in [4.69, 9.17) is 0 Å². The summed E-state index contributed by atoms with van der Waals surface area (Å²) in [4.78, 5) is 0. The van der Waals surface area contributed by atoms with Gasteiger partial charge in [-0.05, 0) is 110 Å². The first kappa shape index (κ1) is 13.7. The van der Waals surface area contributed by atoms with Gasteiger partial charge < -0.3 is 0 Å². The monoisotopic (exact) mass is 560 g/mol. The Morgan fingerprint density at radius 1 is 0.588 bits per heavy atom. The van der Waals surface area contributed by atoms with Gasteiger partial charge in [-0.1, -0.05) is 0 Å². The maximum absolute atomic E-state index is 4.24. The highest BCUT2D eigenvalue weighted by Crippen LogP contribution is 2.23. The number of rotatable bonds is 2. The Morgan fingerprint density at radius 3 is 1.71 bits per heavy atom. The van der Waals surface area contributed by atoms with Crippen LogP contribution >= 0.6 is 67.8 Å². The summed E-state index contributed by atoms with van der Waals surface area (Å²) in [6, 6.07) is 14.1. The molecule has 2 rings (SSSR count). The fraction of sp³-hybridized carbons (Fsp3) is 0. The minimum atomic E-state index is 0.874. The molecule has 0 radical (unpaired) electrons. The second-order valence-corrected chi connectivity index (χ2v) is 7.04. The lowest BCUT2D eigenvalue weighted by molar-refractivity contribution is 1.22. The zero-order chi connectivity index (χ0) is 12.3. The number of hydrogen-bond acceptors (Lipinski definition) is 2. The minimum absolute atomic E-state index is 0.874. The van der Waals surface area contributed by atoms with Gasteiger partial charge in [0.1, 0.15) is 0 Å². The molecule has 2 aromatic carbocycles. The van der Waals surface area contributed by atoms with Crippen molar-refractivity contribution in [2.75, 3.05) is 0 Å². The first-order chi connectivity index (χ1) is 8.13. The number of benzene rings is 2. The molecule has 0 aliphatic carbocycles. The average molecular weight is 560 g/mol. The Morgan fingerprint density at radius 2 is 1.12 bits per heavy atom. The summed E-state index contributed by atoms with van der Waals surface area (Å²) in [6.45, 7) is 0. The lowest BCUT2D eigenvalue weighted by Gasteiger charge is -1.97. The fourth-order valence-electron chi connectivity index (χ4n) is 1.22. The van der Waals surface area contributed by atoms with Gasteiger partial charge in [-0.2, -0.15) is 10.2 Å². The molecule has 0 atom stereocenters. The summed E-state index contributed by atoms with van der Waals surface area (Å²) < 4.78 is 3.54. The summed E-state index contributed by atoms with van der Waals surface area (Å²) >= 11 is 6.84. The molecule has 0 bridgehead atoms. The van der Waals surface area contributed by atoms with Gasteiger partial charge in [0, 0.05) is 10.7 Å². The summed E-state index contributed by atoms with van der Waals surface area (Å²) in [6.07, 6.45) is 0. The van der Waals surface area contributed by atoms with Crippen LogP contribution in [0.25, 0.3) is 0 Å². The number of hydrogen-bond donors (Lipinski definition) is 0. The van der Waals surface area contributed by atoms with Crippen LogP contribution in [0.3, 0.4) is 0 Å². The van der Waals surface area contributed by atoms with E-state index >= 15 is 0 Å². The molecule has 0 unspecified atom stereocenters. The Balaban J connectivity index is 2.22. The summed E-state index contributed by atoms with van der Waals surface area (Å²) in [5.41, 5.74) is 1.76. The molecule has 0 aromatic heterocycles. The Labute approximate surface area is 141 Å². The second kappa shape index (κ2) is 6.41. The zero-order valence-electron chi connectivity index (χ0n) is 8.57. The highest BCUT2D eigenvalue weighted by Gasteiger charge is 1.96. The molecule has 5 heteroatoms. The van der Waals surface area contributed by atoms with E-state index in [-0.39, 0.29) is 0 Å². The van der Waals surface area contributed by atoms with Crippen molar-refractivity contribution in [3.05, 3.63) is 53.2 Å². The summed E-state index contributed by atoms with van der Waals surface area (Å²) in [5.74, 6) is 0. The Kier molecular flexibility index (Phi) is 5.15. The standard InChI is InChI=1S/C12H7I3N2/c13-8-1-3-11(4-2-8)16-17-12-6-9(14)5-10(15)7-12/h1-7H/b17-16+. The van der Waals surface area contributed by atoms with Gasteiger partial charge in [-0.15, -0.1) is 0 Å². The molecule has 86 valence electrons. The van der Waals surface area contributed by atoms with Crippen molar-refractivity contribution in [3.8, 4) is 0 Å². The molecule has 2 aromatic rings. The molecule has 0 spiro atoms. The Bertz CT molecular complexity index is 530. The number of nitrogens with zero attached hydrogens (tertiary/aromatic N) is 2. The van der Waals surface area contributed by atoms with Crippen LogP contribution in [0.15, 0.2) is 52.7 Å². The highest BCUT2D eigenvalue weighted by atomic mass is 127. The lowest BCUT2D eigenvalue weighted by Crippen LogP contribution is -1.74. The normalized spacial score (nSPS) is 11.0. The van der Waals surface area contributed by atoms with Crippen LogP contribution in [0.5, 0.6) is 0 Å². The first-order valence-corrected chi connectivity index (χ1v) is 8.00. The largest absolute Gasteiger partial charge is 0.151 e. The SMILES string of the molecule is Ic1ccc(/N=N/c2cc(I)cc(I)c2)cc1. The van der Waals surface area contributed by atoms with Gasteiger partial charge in [0.05, 0.1) is 11.4 Å². The van der Waals surface area contributed by atoms with Crippen molar-refractivity contribution in [2.24, 2.45) is 10.2 Å². The molecular weight excluding hydrogens is 553 g/mol. The summed E-state index contributed by atoms with van der Waals surface area (Å²) in [5, 5.41) is 8.46. The smallest absolute Gasteiger partial charge is 0.0878 e. The lowest BCUT2D eigenvalue weighted by atomic mass is 10.3. The fourth-order valence-corrected chi connectivity index (χ4v) is 3.48. The molecule has 0 saturated carbocycles. The van der Waals surface area contributed by atoms with Crippen molar-refractivity contribution in [2.45, 2.75) is 0 Å². The van der Waals surface area contributed by atoms with E-state index in [1.54, 1.807) is 0 Å². The molecule has 2 nitrogen and oxygen atoms in total. The molecule has 0 heterocycles. The number of halogens is 3. The van der Waals surface area contributed by atoms with Gasteiger partial charge in [-0.25, -0.2) is 0 Å². The van der Waals surface area contributed by atoms with Gasteiger partial charge in [0.25, 0.3) is 0 Å². The van der Waals surface area contributed by atoms with Gasteiger partial charge in [0.2, 0.25) is 0 Å². The van der Waals surface area contributed by atoms with Crippen molar-refractivity contribution in [1.29, 1.82) is 0 Å². The third kappa shape index (κ3) is 4.43. The van der Waals surface area contributed by atoms with Crippen LogP contribution in [0, 0.1) is 10.7 Å².